The third-order valence-corrected chi connectivity index (χ3v) is 1.86. The highest BCUT2D eigenvalue weighted by molar-refractivity contribution is 8.14. The van der Waals surface area contributed by atoms with E-state index in [1.54, 1.807) is 6.92 Å². The molecule has 0 aromatic rings. The van der Waals surface area contributed by atoms with Crippen molar-refractivity contribution in [2.24, 2.45) is 5.73 Å². The van der Waals surface area contributed by atoms with Gasteiger partial charge in [0.25, 0.3) is 0 Å². The van der Waals surface area contributed by atoms with Crippen molar-refractivity contribution in [2.45, 2.75) is 12.2 Å². The minimum Gasteiger partial charge on any atom is -0.379 e. The summed E-state index contributed by atoms with van der Waals surface area (Å²) in [6.45, 7) is 1.87. The van der Waals surface area contributed by atoms with Crippen LogP contribution in [0.25, 0.3) is 0 Å². The molecule has 66 valence electrons. The number of rotatable bonds is 3. The van der Waals surface area contributed by atoms with E-state index in [-0.39, 0.29) is 22.9 Å². The number of amides is 1. The molecule has 5 heteroatoms. The Hall–Kier alpha value is -1.15. The lowest BCUT2D eigenvalue weighted by Crippen LogP contribution is -2.32. The van der Waals surface area contributed by atoms with Crippen LogP contribution in [0.4, 0.5) is 0 Å². The maximum atomic E-state index is 11.1. The average Bonchev–Trinajstić information content (AvgIpc) is 1.98. The molecule has 1 atom stereocenters. The van der Waals surface area contributed by atoms with E-state index in [9.17, 15) is 4.79 Å². The lowest BCUT2D eigenvalue weighted by atomic mass is 10.4. The highest BCUT2D eigenvalue weighted by atomic mass is 32.2. The molecule has 4 nitrogen and oxygen atoms in total. The van der Waals surface area contributed by atoms with Crippen LogP contribution >= 0.6 is 11.8 Å². The molecule has 0 aliphatic heterocycles. The molecule has 0 aliphatic carbocycles. The maximum absolute atomic E-state index is 11.1. The van der Waals surface area contributed by atoms with Crippen LogP contribution in [0.3, 0.4) is 0 Å². The molecule has 0 aromatic heterocycles. The molecule has 0 radical (unpaired) electrons. The van der Waals surface area contributed by atoms with E-state index in [2.05, 4.69) is 11.2 Å². The van der Waals surface area contributed by atoms with Gasteiger partial charge in [0.15, 0.2) is 5.17 Å². The molecule has 0 bridgehead atoms. The summed E-state index contributed by atoms with van der Waals surface area (Å²) in [5.41, 5.74) is 5.09. The number of amidine groups is 1. The first-order chi connectivity index (χ1) is 5.57. The zero-order valence-electron chi connectivity index (χ0n) is 6.76. The number of hydrogen-bond acceptors (Lipinski definition) is 3. The van der Waals surface area contributed by atoms with Crippen molar-refractivity contribution in [3.8, 4) is 12.3 Å². The van der Waals surface area contributed by atoms with Gasteiger partial charge in [0, 0.05) is 0 Å². The molecule has 0 fully saturated rings. The number of carbonyl (C=O) groups excluding carboxylic acids is 1. The van der Waals surface area contributed by atoms with Gasteiger partial charge in [-0.15, -0.1) is 6.42 Å². The van der Waals surface area contributed by atoms with Crippen LogP contribution in [-0.2, 0) is 4.79 Å². The SMILES string of the molecule is C#CCNC(=O)C(C)SC(=N)N. The fourth-order valence-corrected chi connectivity index (χ4v) is 1.10. The van der Waals surface area contributed by atoms with Gasteiger partial charge in [0.1, 0.15) is 0 Å². The monoisotopic (exact) mass is 185 g/mol. The fourth-order valence-electron chi connectivity index (χ4n) is 0.526. The number of nitrogens with two attached hydrogens (primary N) is 1. The Bertz CT molecular complexity index is 221. The lowest BCUT2D eigenvalue weighted by molar-refractivity contribution is -0.120. The number of terminal acetylenes is 1. The molecule has 0 aliphatic rings. The van der Waals surface area contributed by atoms with Crippen molar-refractivity contribution in [3.05, 3.63) is 0 Å². The van der Waals surface area contributed by atoms with E-state index >= 15 is 0 Å². The molecule has 1 unspecified atom stereocenters. The molecule has 1 amide bonds. The molecular formula is C7H11N3OS. The van der Waals surface area contributed by atoms with E-state index in [1.165, 1.54) is 0 Å². The van der Waals surface area contributed by atoms with Crippen LogP contribution in [-0.4, -0.2) is 22.9 Å². The fraction of sp³-hybridized carbons (Fsp3) is 0.429. The Morgan fingerprint density at radius 2 is 2.50 bits per heavy atom. The summed E-state index contributed by atoms with van der Waals surface area (Å²) in [5.74, 6) is 2.08. The van der Waals surface area contributed by atoms with Crippen molar-refractivity contribution in [2.75, 3.05) is 6.54 Å². The first-order valence-electron chi connectivity index (χ1n) is 3.29. The molecule has 0 aromatic carbocycles. The molecular weight excluding hydrogens is 174 g/mol. The Balaban J connectivity index is 3.78. The minimum absolute atomic E-state index is 0.0710. The number of nitrogens with one attached hydrogen (secondary N) is 2. The summed E-state index contributed by atoms with van der Waals surface area (Å²) in [4.78, 5) is 11.1. The predicted octanol–water partition coefficient (Wildman–Crippen LogP) is -0.249. The summed E-state index contributed by atoms with van der Waals surface area (Å²) in [7, 11) is 0. The third kappa shape index (κ3) is 4.63. The van der Waals surface area contributed by atoms with Gasteiger partial charge in [0.05, 0.1) is 11.8 Å². The zero-order chi connectivity index (χ0) is 9.56. The van der Waals surface area contributed by atoms with Gasteiger partial charge in [-0.05, 0) is 6.92 Å². The van der Waals surface area contributed by atoms with E-state index in [0.29, 0.717) is 0 Å². The molecule has 4 N–H and O–H groups in total. The summed E-state index contributed by atoms with van der Waals surface area (Å²) < 4.78 is 0. The summed E-state index contributed by atoms with van der Waals surface area (Å²) in [6.07, 6.45) is 4.94. The second kappa shape index (κ2) is 5.49. The first kappa shape index (κ1) is 10.8. The topological polar surface area (TPSA) is 79.0 Å². The van der Waals surface area contributed by atoms with Crippen molar-refractivity contribution < 1.29 is 4.79 Å². The van der Waals surface area contributed by atoms with Crippen LogP contribution < -0.4 is 11.1 Å². The molecule has 0 saturated heterocycles. The first-order valence-corrected chi connectivity index (χ1v) is 4.17. The largest absolute Gasteiger partial charge is 0.379 e. The molecule has 0 heterocycles. The van der Waals surface area contributed by atoms with Gasteiger partial charge < -0.3 is 11.1 Å². The zero-order valence-corrected chi connectivity index (χ0v) is 7.57. The normalized spacial score (nSPS) is 11.3. The van der Waals surface area contributed by atoms with Crippen molar-refractivity contribution in [1.82, 2.24) is 5.32 Å². The highest BCUT2D eigenvalue weighted by Gasteiger charge is 2.13. The highest BCUT2D eigenvalue weighted by Crippen LogP contribution is 2.08. The van der Waals surface area contributed by atoms with E-state index < -0.39 is 0 Å². The molecule has 0 saturated carbocycles. The molecule has 12 heavy (non-hydrogen) atoms. The number of hydrogen-bond donors (Lipinski definition) is 3. The van der Waals surface area contributed by atoms with E-state index in [4.69, 9.17) is 17.6 Å². The van der Waals surface area contributed by atoms with E-state index in [0.717, 1.165) is 11.8 Å². The van der Waals surface area contributed by atoms with Gasteiger partial charge in [0.2, 0.25) is 5.91 Å². The Labute approximate surface area is 75.8 Å². The second-order valence-corrected chi connectivity index (χ2v) is 3.43. The molecule has 0 rings (SSSR count). The van der Waals surface area contributed by atoms with Gasteiger partial charge in [-0.2, -0.15) is 0 Å². The summed E-state index contributed by atoms with van der Waals surface area (Å²) >= 11 is 0.993. The Morgan fingerprint density at radius 3 is 2.92 bits per heavy atom. The summed E-state index contributed by atoms with van der Waals surface area (Å²) in [5, 5.41) is 8.97. The van der Waals surface area contributed by atoms with Gasteiger partial charge in [-0.1, -0.05) is 17.7 Å². The van der Waals surface area contributed by atoms with Crippen LogP contribution in [0.5, 0.6) is 0 Å². The summed E-state index contributed by atoms with van der Waals surface area (Å²) in [6, 6.07) is 0. The van der Waals surface area contributed by atoms with Crippen LogP contribution in [0.15, 0.2) is 0 Å². The number of thioether (sulfide) groups is 1. The second-order valence-electron chi connectivity index (χ2n) is 2.05. The lowest BCUT2D eigenvalue weighted by Gasteiger charge is -2.08. The van der Waals surface area contributed by atoms with Crippen LogP contribution in [0.2, 0.25) is 0 Å². The van der Waals surface area contributed by atoms with Crippen LogP contribution in [0, 0.1) is 17.8 Å². The van der Waals surface area contributed by atoms with Crippen LogP contribution in [0.1, 0.15) is 6.92 Å². The molecule has 0 spiro atoms. The van der Waals surface area contributed by atoms with E-state index in [1.807, 2.05) is 0 Å². The minimum atomic E-state index is -0.365. The standard InChI is InChI=1S/C7H11N3OS/c1-3-4-10-6(11)5(2)12-7(8)9/h1,5H,4H2,2H3,(H3,8,9)(H,10,11). The third-order valence-electron chi connectivity index (χ3n) is 1.04. The smallest absolute Gasteiger partial charge is 0.234 e. The Morgan fingerprint density at radius 1 is 1.92 bits per heavy atom. The predicted molar refractivity (Wildman–Crippen MR) is 50.8 cm³/mol. The van der Waals surface area contributed by atoms with Crippen molar-refractivity contribution in [1.29, 1.82) is 5.41 Å². The maximum Gasteiger partial charge on any atom is 0.234 e. The van der Waals surface area contributed by atoms with Gasteiger partial charge >= 0.3 is 0 Å². The van der Waals surface area contributed by atoms with Crippen molar-refractivity contribution in [3.63, 3.8) is 0 Å². The van der Waals surface area contributed by atoms with Gasteiger partial charge in [-0.25, -0.2) is 0 Å². The van der Waals surface area contributed by atoms with Crippen molar-refractivity contribution >= 4 is 22.8 Å². The Kier molecular flexibility index (Phi) is 4.97. The quantitative estimate of drug-likeness (QED) is 0.322. The average molecular weight is 185 g/mol. The van der Waals surface area contributed by atoms with Gasteiger partial charge in [-0.3, -0.25) is 10.2 Å². The number of carbonyl (C=O) groups is 1.